The summed E-state index contributed by atoms with van der Waals surface area (Å²) >= 11 is 0. The van der Waals surface area contributed by atoms with Gasteiger partial charge in [0.25, 0.3) is 0 Å². The summed E-state index contributed by atoms with van der Waals surface area (Å²) in [6.07, 6.45) is 0.468. The maximum absolute atomic E-state index is 11.8. The topological polar surface area (TPSA) is 61.5 Å². The van der Waals surface area contributed by atoms with E-state index in [2.05, 4.69) is 0 Å². The number of ether oxygens (including phenoxy) is 2. The van der Waals surface area contributed by atoms with Crippen LogP contribution in [0.1, 0.15) is 28.3 Å². The number of Topliss-reactive ketones (excluding diaryl/α,β-unsaturated/α-hetero) is 1. The molecule has 0 aromatic heterocycles. The molecule has 16 heavy (non-hydrogen) atoms. The van der Waals surface area contributed by atoms with E-state index in [1.54, 1.807) is 26.4 Å². The molecule has 0 heterocycles. The van der Waals surface area contributed by atoms with Gasteiger partial charge in [0, 0.05) is 29.5 Å². The van der Waals surface area contributed by atoms with E-state index in [9.17, 15) is 4.79 Å². The molecule has 0 bridgehead atoms. The number of hydrogen-bond acceptors (Lipinski definition) is 4. The van der Waals surface area contributed by atoms with Crippen molar-refractivity contribution in [1.82, 2.24) is 0 Å². The van der Waals surface area contributed by atoms with Crippen molar-refractivity contribution in [2.75, 3.05) is 20.8 Å². The SMILES string of the molecule is COc1cc(OC)c2c(c1)C(=O)CC2CN. The number of rotatable bonds is 3. The summed E-state index contributed by atoms with van der Waals surface area (Å²) in [5.74, 6) is 1.52. The molecule has 0 saturated carbocycles. The monoisotopic (exact) mass is 221 g/mol. The lowest BCUT2D eigenvalue weighted by atomic mass is 10.0. The summed E-state index contributed by atoms with van der Waals surface area (Å²) in [4.78, 5) is 11.8. The lowest BCUT2D eigenvalue weighted by Crippen LogP contribution is -2.10. The van der Waals surface area contributed by atoms with E-state index in [1.807, 2.05) is 0 Å². The molecule has 86 valence electrons. The Hall–Kier alpha value is -1.55. The first-order valence-corrected chi connectivity index (χ1v) is 5.20. The van der Waals surface area contributed by atoms with Crippen LogP contribution in [0.15, 0.2) is 12.1 Å². The maximum atomic E-state index is 11.8. The Kier molecular flexibility index (Phi) is 2.83. The highest BCUT2D eigenvalue weighted by molar-refractivity contribution is 6.02. The van der Waals surface area contributed by atoms with E-state index in [1.165, 1.54) is 0 Å². The van der Waals surface area contributed by atoms with Crippen molar-refractivity contribution in [3.63, 3.8) is 0 Å². The largest absolute Gasteiger partial charge is 0.497 e. The maximum Gasteiger partial charge on any atom is 0.164 e. The summed E-state index contributed by atoms with van der Waals surface area (Å²) in [5, 5.41) is 0. The molecule has 0 spiro atoms. The molecule has 2 rings (SSSR count). The number of benzene rings is 1. The number of ketones is 1. The van der Waals surface area contributed by atoms with Gasteiger partial charge in [-0.15, -0.1) is 0 Å². The van der Waals surface area contributed by atoms with Crippen molar-refractivity contribution in [2.24, 2.45) is 5.73 Å². The molecule has 0 amide bonds. The van der Waals surface area contributed by atoms with Gasteiger partial charge in [-0.25, -0.2) is 0 Å². The predicted molar refractivity (Wildman–Crippen MR) is 60.3 cm³/mol. The number of carbonyl (C=O) groups excluding carboxylic acids is 1. The van der Waals surface area contributed by atoms with Crippen molar-refractivity contribution in [3.05, 3.63) is 23.3 Å². The minimum Gasteiger partial charge on any atom is -0.497 e. The molecule has 1 aromatic carbocycles. The van der Waals surface area contributed by atoms with Gasteiger partial charge in [-0.2, -0.15) is 0 Å². The average molecular weight is 221 g/mol. The van der Waals surface area contributed by atoms with Crippen molar-refractivity contribution in [1.29, 1.82) is 0 Å². The Labute approximate surface area is 94.3 Å². The van der Waals surface area contributed by atoms with Crippen LogP contribution in [0.5, 0.6) is 11.5 Å². The summed E-state index contributed by atoms with van der Waals surface area (Å²) in [6, 6.07) is 3.55. The minimum absolute atomic E-state index is 0.0726. The van der Waals surface area contributed by atoms with Crippen LogP contribution in [0.4, 0.5) is 0 Å². The highest BCUT2D eigenvalue weighted by Gasteiger charge is 2.32. The molecule has 0 aliphatic heterocycles. The van der Waals surface area contributed by atoms with E-state index < -0.39 is 0 Å². The Bertz CT molecular complexity index is 429. The molecule has 0 radical (unpaired) electrons. The molecular weight excluding hydrogens is 206 g/mol. The molecule has 1 aromatic rings. The molecule has 2 N–H and O–H groups in total. The first-order valence-electron chi connectivity index (χ1n) is 5.20. The third-order valence-electron chi connectivity index (χ3n) is 3.00. The van der Waals surface area contributed by atoms with Gasteiger partial charge in [0.1, 0.15) is 11.5 Å². The van der Waals surface area contributed by atoms with Crippen LogP contribution in [0.2, 0.25) is 0 Å². The zero-order valence-electron chi connectivity index (χ0n) is 9.45. The Morgan fingerprint density at radius 1 is 1.38 bits per heavy atom. The van der Waals surface area contributed by atoms with Gasteiger partial charge in [0.05, 0.1) is 14.2 Å². The third-order valence-corrected chi connectivity index (χ3v) is 3.00. The van der Waals surface area contributed by atoms with Crippen LogP contribution in [0, 0.1) is 0 Å². The average Bonchev–Trinajstić information content (AvgIpc) is 2.65. The molecule has 1 atom stereocenters. The van der Waals surface area contributed by atoms with Crippen molar-refractivity contribution < 1.29 is 14.3 Å². The lowest BCUT2D eigenvalue weighted by Gasteiger charge is -2.13. The van der Waals surface area contributed by atoms with Crippen LogP contribution in [0.3, 0.4) is 0 Å². The zero-order chi connectivity index (χ0) is 11.7. The van der Waals surface area contributed by atoms with Gasteiger partial charge in [-0.3, -0.25) is 4.79 Å². The van der Waals surface area contributed by atoms with Gasteiger partial charge in [-0.1, -0.05) is 0 Å². The van der Waals surface area contributed by atoms with Crippen molar-refractivity contribution in [2.45, 2.75) is 12.3 Å². The number of carbonyl (C=O) groups is 1. The first-order chi connectivity index (χ1) is 7.71. The summed E-state index contributed by atoms with van der Waals surface area (Å²) < 4.78 is 10.4. The second-order valence-corrected chi connectivity index (χ2v) is 3.85. The van der Waals surface area contributed by atoms with Gasteiger partial charge in [0.2, 0.25) is 0 Å². The first kappa shape index (κ1) is 11.0. The molecular formula is C12H15NO3. The molecule has 4 nitrogen and oxygen atoms in total. The van der Waals surface area contributed by atoms with E-state index in [0.717, 1.165) is 5.56 Å². The van der Waals surface area contributed by atoms with E-state index in [4.69, 9.17) is 15.2 Å². The number of fused-ring (bicyclic) bond motifs is 1. The highest BCUT2D eigenvalue weighted by atomic mass is 16.5. The van der Waals surface area contributed by atoms with E-state index >= 15 is 0 Å². The smallest absolute Gasteiger partial charge is 0.164 e. The third kappa shape index (κ3) is 1.55. The normalized spacial score (nSPS) is 18.4. The zero-order valence-corrected chi connectivity index (χ0v) is 9.45. The molecule has 1 aliphatic rings. The summed E-state index contributed by atoms with van der Waals surface area (Å²) in [5.41, 5.74) is 7.28. The number of nitrogens with two attached hydrogens (primary N) is 1. The Morgan fingerprint density at radius 2 is 2.12 bits per heavy atom. The van der Waals surface area contributed by atoms with E-state index in [0.29, 0.717) is 30.0 Å². The standard InChI is InChI=1S/C12H15NO3/c1-15-8-4-9-10(14)3-7(6-13)12(9)11(5-8)16-2/h4-5,7H,3,6,13H2,1-2H3. The fourth-order valence-corrected chi connectivity index (χ4v) is 2.18. The van der Waals surface area contributed by atoms with Gasteiger partial charge < -0.3 is 15.2 Å². The molecule has 1 unspecified atom stereocenters. The highest BCUT2D eigenvalue weighted by Crippen LogP contribution is 2.41. The predicted octanol–water partition coefficient (Wildman–Crippen LogP) is 1.33. The number of hydrogen-bond donors (Lipinski definition) is 1. The Balaban J connectivity index is 2.59. The van der Waals surface area contributed by atoms with Crippen LogP contribution in [-0.4, -0.2) is 26.5 Å². The number of methoxy groups -OCH3 is 2. The lowest BCUT2D eigenvalue weighted by molar-refractivity contribution is 0.0989. The second kappa shape index (κ2) is 4.14. The van der Waals surface area contributed by atoms with Crippen LogP contribution < -0.4 is 15.2 Å². The van der Waals surface area contributed by atoms with Crippen molar-refractivity contribution in [3.8, 4) is 11.5 Å². The molecule has 4 heteroatoms. The van der Waals surface area contributed by atoms with Gasteiger partial charge >= 0.3 is 0 Å². The minimum atomic E-state index is 0.0726. The summed E-state index contributed by atoms with van der Waals surface area (Å²) in [6.45, 7) is 0.460. The fourth-order valence-electron chi connectivity index (χ4n) is 2.18. The van der Waals surface area contributed by atoms with Crippen LogP contribution in [-0.2, 0) is 0 Å². The quantitative estimate of drug-likeness (QED) is 0.836. The fraction of sp³-hybridized carbons (Fsp3) is 0.417. The molecule has 0 saturated heterocycles. The molecule has 0 fully saturated rings. The van der Waals surface area contributed by atoms with E-state index in [-0.39, 0.29) is 11.7 Å². The van der Waals surface area contributed by atoms with Gasteiger partial charge in [0.15, 0.2) is 5.78 Å². The Morgan fingerprint density at radius 3 is 2.69 bits per heavy atom. The van der Waals surface area contributed by atoms with Crippen molar-refractivity contribution >= 4 is 5.78 Å². The second-order valence-electron chi connectivity index (χ2n) is 3.85. The van der Waals surface area contributed by atoms with Gasteiger partial charge in [-0.05, 0) is 12.6 Å². The van der Waals surface area contributed by atoms with Crippen LogP contribution >= 0.6 is 0 Å². The summed E-state index contributed by atoms with van der Waals surface area (Å²) in [7, 11) is 3.16. The molecule has 1 aliphatic carbocycles. The van der Waals surface area contributed by atoms with Crippen LogP contribution in [0.25, 0.3) is 0 Å².